The van der Waals surface area contributed by atoms with Gasteiger partial charge in [-0.25, -0.2) is 0 Å². The number of nitrogens with one attached hydrogen (secondary N) is 2. The third-order valence-corrected chi connectivity index (χ3v) is 3.56. The van der Waals surface area contributed by atoms with Crippen molar-refractivity contribution in [1.82, 2.24) is 15.0 Å². The van der Waals surface area contributed by atoms with E-state index in [-0.39, 0.29) is 11.5 Å². The topological polar surface area (TPSA) is 72.0 Å². The minimum Gasteiger partial charge on any atom is -0.461 e. The number of nitrogens with zero attached hydrogens (tertiary/aromatic N) is 3. The Morgan fingerprint density at radius 2 is 1.57 bits per heavy atom. The third-order valence-electron chi connectivity index (χ3n) is 3.56. The van der Waals surface area contributed by atoms with Crippen LogP contribution in [0.3, 0.4) is 0 Å². The van der Waals surface area contributed by atoms with Gasteiger partial charge < -0.3 is 15.4 Å². The highest BCUT2D eigenvalue weighted by Gasteiger charge is 2.22. The van der Waals surface area contributed by atoms with E-state index in [4.69, 9.17) is 4.74 Å². The van der Waals surface area contributed by atoms with Gasteiger partial charge in [0.15, 0.2) is 0 Å². The molecule has 6 nitrogen and oxygen atoms in total. The van der Waals surface area contributed by atoms with Gasteiger partial charge in [0.05, 0.1) is 6.10 Å². The molecule has 2 N–H and O–H groups in total. The molecule has 1 heterocycles. The maximum atomic E-state index is 5.58. The molecule has 0 saturated heterocycles. The normalized spacial score (nSPS) is 11.9. The van der Waals surface area contributed by atoms with Crippen molar-refractivity contribution in [3.8, 4) is 6.01 Å². The SMILES string of the molecule is CCNc1nc(NCC(C)(C)C(C)C)nc(OC(C)C)n1. The summed E-state index contributed by atoms with van der Waals surface area (Å²) < 4.78 is 5.58. The zero-order valence-electron chi connectivity index (χ0n) is 14.3. The van der Waals surface area contributed by atoms with Crippen molar-refractivity contribution in [1.29, 1.82) is 0 Å². The van der Waals surface area contributed by atoms with Crippen LogP contribution in [0.25, 0.3) is 0 Å². The summed E-state index contributed by atoms with van der Waals surface area (Å²) in [6.45, 7) is 16.3. The van der Waals surface area contributed by atoms with Crippen molar-refractivity contribution in [3.05, 3.63) is 0 Å². The van der Waals surface area contributed by atoms with E-state index in [9.17, 15) is 0 Å². The number of anilines is 2. The van der Waals surface area contributed by atoms with E-state index < -0.39 is 0 Å². The number of aromatic nitrogens is 3. The Hall–Kier alpha value is -1.59. The van der Waals surface area contributed by atoms with E-state index in [1.54, 1.807) is 0 Å². The summed E-state index contributed by atoms with van der Waals surface area (Å²) in [6.07, 6.45) is 0.0295. The molecule has 0 fully saturated rings. The second kappa shape index (κ2) is 7.43. The molecule has 6 heteroatoms. The largest absolute Gasteiger partial charge is 0.461 e. The predicted octanol–water partition coefficient (Wildman–Crippen LogP) is 3.18. The summed E-state index contributed by atoms with van der Waals surface area (Å²) in [5.74, 6) is 1.64. The molecule has 0 aromatic carbocycles. The van der Waals surface area contributed by atoms with Crippen LogP contribution >= 0.6 is 0 Å². The standard InChI is InChI=1S/C15H29N5O/c1-8-16-12-18-13(17-9-15(6,7)10(2)3)20-14(19-12)21-11(4)5/h10-11H,8-9H2,1-7H3,(H2,16,17,18,19,20). The molecule has 0 aliphatic heterocycles. The van der Waals surface area contributed by atoms with Crippen LogP contribution in [-0.4, -0.2) is 34.1 Å². The average molecular weight is 295 g/mol. The Kier molecular flexibility index (Phi) is 6.18. The molecule has 21 heavy (non-hydrogen) atoms. The number of hydrogen-bond acceptors (Lipinski definition) is 6. The first-order valence-electron chi connectivity index (χ1n) is 7.65. The maximum Gasteiger partial charge on any atom is 0.323 e. The second-order valence-electron chi connectivity index (χ2n) is 6.46. The van der Waals surface area contributed by atoms with Crippen LogP contribution < -0.4 is 15.4 Å². The van der Waals surface area contributed by atoms with Crippen LogP contribution in [0.5, 0.6) is 6.01 Å². The van der Waals surface area contributed by atoms with Crippen LogP contribution in [0.15, 0.2) is 0 Å². The van der Waals surface area contributed by atoms with Crippen LogP contribution in [0, 0.1) is 11.3 Å². The number of ether oxygens (including phenoxy) is 1. The third kappa shape index (κ3) is 5.73. The molecule has 0 aliphatic carbocycles. The smallest absolute Gasteiger partial charge is 0.323 e. The minimum atomic E-state index is 0.0295. The summed E-state index contributed by atoms with van der Waals surface area (Å²) >= 11 is 0. The first-order chi connectivity index (χ1) is 9.74. The zero-order chi connectivity index (χ0) is 16.0. The van der Waals surface area contributed by atoms with Gasteiger partial charge in [-0.05, 0) is 32.1 Å². The molecular weight excluding hydrogens is 266 g/mol. The van der Waals surface area contributed by atoms with Crippen molar-refractivity contribution in [3.63, 3.8) is 0 Å². The fourth-order valence-electron chi connectivity index (χ4n) is 1.45. The lowest BCUT2D eigenvalue weighted by Crippen LogP contribution is -2.29. The number of rotatable bonds is 8. The lowest BCUT2D eigenvalue weighted by molar-refractivity contribution is 0.222. The van der Waals surface area contributed by atoms with Gasteiger partial charge in [0.2, 0.25) is 11.9 Å². The summed E-state index contributed by atoms with van der Waals surface area (Å²) in [4.78, 5) is 12.9. The van der Waals surface area contributed by atoms with Crippen molar-refractivity contribution in [2.45, 2.75) is 54.6 Å². The van der Waals surface area contributed by atoms with Crippen LogP contribution in [-0.2, 0) is 0 Å². The molecule has 0 unspecified atom stereocenters. The van der Waals surface area contributed by atoms with Gasteiger partial charge in [-0.15, -0.1) is 0 Å². The quantitative estimate of drug-likeness (QED) is 0.767. The van der Waals surface area contributed by atoms with E-state index in [1.165, 1.54) is 0 Å². The molecule has 0 bridgehead atoms. The van der Waals surface area contributed by atoms with Gasteiger partial charge in [0.25, 0.3) is 0 Å². The van der Waals surface area contributed by atoms with Crippen molar-refractivity contribution in [2.24, 2.45) is 11.3 Å². The maximum absolute atomic E-state index is 5.58. The summed E-state index contributed by atoms with van der Waals surface area (Å²) in [5.41, 5.74) is 0.157. The van der Waals surface area contributed by atoms with Crippen LogP contribution in [0.2, 0.25) is 0 Å². The Morgan fingerprint density at radius 1 is 1.00 bits per heavy atom. The van der Waals surface area contributed by atoms with Gasteiger partial charge in [-0.3, -0.25) is 0 Å². The lowest BCUT2D eigenvalue weighted by Gasteiger charge is -2.29. The van der Waals surface area contributed by atoms with Gasteiger partial charge >= 0.3 is 6.01 Å². The van der Waals surface area contributed by atoms with Crippen molar-refractivity contribution >= 4 is 11.9 Å². The van der Waals surface area contributed by atoms with Crippen molar-refractivity contribution in [2.75, 3.05) is 23.7 Å². The molecule has 0 spiro atoms. The fourth-order valence-corrected chi connectivity index (χ4v) is 1.45. The Labute approximate surface area is 128 Å². The lowest BCUT2D eigenvalue weighted by atomic mass is 9.81. The molecule has 1 aromatic rings. The van der Waals surface area contributed by atoms with E-state index in [0.29, 0.717) is 23.8 Å². The van der Waals surface area contributed by atoms with Crippen LogP contribution in [0.4, 0.5) is 11.9 Å². The molecule has 1 rings (SSSR count). The molecule has 0 radical (unpaired) electrons. The highest BCUT2D eigenvalue weighted by atomic mass is 16.5. The van der Waals surface area contributed by atoms with E-state index in [2.05, 4.69) is 53.3 Å². The minimum absolute atomic E-state index is 0.0295. The highest BCUT2D eigenvalue weighted by Crippen LogP contribution is 2.26. The van der Waals surface area contributed by atoms with Gasteiger partial charge in [0, 0.05) is 13.1 Å². The average Bonchev–Trinajstić information content (AvgIpc) is 2.35. The Balaban J connectivity index is 2.87. The number of hydrogen-bond donors (Lipinski definition) is 2. The zero-order valence-corrected chi connectivity index (χ0v) is 14.3. The van der Waals surface area contributed by atoms with Gasteiger partial charge in [0.1, 0.15) is 0 Å². The second-order valence-corrected chi connectivity index (χ2v) is 6.46. The summed E-state index contributed by atoms with van der Waals surface area (Å²) in [7, 11) is 0. The predicted molar refractivity (Wildman–Crippen MR) is 86.9 cm³/mol. The molecule has 0 atom stereocenters. The van der Waals surface area contributed by atoms with E-state index in [1.807, 2.05) is 20.8 Å². The molecular formula is C15H29N5O. The first-order valence-corrected chi connectivity index (χ1v) is 7.65. The fraction of sp³-hybridized carbons (Fsp3) is 0.800. The summed E-state index contributed by atoms with van der Waals surface area (Å²) in [6, 6.07) is 0.348. The summed E-state index contributed by atoms with van der Waals surface area (Å²) in [5, 5.41) is 6.40. The van der Waals surface area contributed by atoms with E-state index in [0.717, 1.165) is 13.1 Å². The molecule has 0 saturated carbocycles. The van der Waals surface area contributed by atoms with E-state index >= 15 is 0 Å². The van der Waals surface area contributed by atoms with Gasteiger partial charge in [-0.2, -0.15) is 15.0 Å². The molecule has 0 amide bonds. The Morgan fingerprint density at radius 3 is 2.05 bits per heavy atom. The first kappa shape index (κ1) is 17.5. The van der Waals surface area contributed by atoms with Gasteiger partial charge in [-0.1, -0.05) is 27.7 Å². The van der Waals surface area contributed by atoms with Crippen molar-refractivity contribution < 1.29 is 4.74 Å². The monoisotopic (exact) mass is 295 g/mol. The molecule has 0 aliphatic rings. The highest BCUT2D eigenvalue weighted by molar-refractivity contribution is 5.36. The Bertz CT molecular complexity index is 446. The molecule has 1 aromatic heterocycles. The molecule has 120 valence electrons. The van der Waals surface area contributed by atoms with Crippen LogP contribution in [0.1, 0.15) is 48.5 Å².